The number of carbonyl (C=O) groups excluding carboxylic acids is 1. The number of carbonyl (C=O) groups is 1. The number of pyridine rings is 1. The molecule has 1 N–H and O–H groups in total. The van der Waals surface area contributed by atoms with E-state index in [1.165, 1.54) is 0 Å². The third kappa shape index (κ3) is 3.07. The van der Waals surface area contributed by atoms with E-state index in [0.717, 1.165) is 10.0 Å². The molecule has 3 heterocycles. The van der Waals surface area contributed by atoms with Gasteiger partial charge in [0.1, 0.15) is 5.52 Å². The molecular weight excluding hydrogens is 426 g/mol. The first-order chi connectivity index (χ1) is 13.7. The number of benzene rings is 2. The van der Waals surface area contributed by atoms with Gasteiger partial charge in [0.05, 0.1) is 5.56 Å². The minimum absolute atomic E-state index is 0.166. The molecule has 1 aliphatic heterocycles. The number of hydrogen-bond donors (Lipinski definition) is 1. The Labute approximate surface area is 167 Å². The average Bonchev–Trinajstić information content (AvgIpc) is 3.33. The molecule has 0 unspecified atom stereocenters. The van der Waals surface area contributed by atoms with E-state index >= 15 is 0 Å². The molecule has 2 aromatic carbocycles. The Morgan fingerprint density at radius 2 is 1.93 bits per heavy atom. The number of hydrogen-bond acceptors (Lipinski definition) is 6. The normalized spacial score (nSPS) is 12.3. The van der Waals surface area contributed by atoms with E-state index in [1.54, 1.807) is 48.8 Å². The largest absolute Gasteiger partial charge is 0.454 e. The molecule has 4 aromatic rings. The number of oxazole rings is 1. The van der Waals surface area contributed by atoms with Crippen LogP contribution in [-0.2, 0) is 0 Å². The van der Waals surface area contributed by atoms with Crippen molar-refractivity contribution in [3.8, 4) is 23.0 Å². The number of aromatic nitrogens is 2. The van der Waals surface area contributed by atoms with Gasteiger partial charge in [-0.25, -0.2) is 4.98 Å². The molecule has 0 saturated heterocycles. The van der Waals surface area contributed by atoms with E-state index in [2.05, 4.69) is 31.2 Å². The van der Waals surface area contributed by atoms with Gasteiger partial charge in [0.15, 0.2) is 17.1 Å². The molecule has 8 heteroatoms. The third-order valence-corrected chi connectivity index (χ3v) is 4.67. The summed E-state index contributed by atoms with van der Waals surface area (Å²) in [6, 6.07) is 12.2. The summed E-state index contributed by atoms with van der Waals surface area (Å²) in [5.74, 6) is 1.41. The van der Waals surface area contributed by atoms with Gasteiger partial charge in [-0.05, 0) is 58.4 Å². The summed E-state index contributed by atoms with van der Waals surface area (Å²) >= 11 is 3.39. The summed E-state index contributed by atoms with van der Waals surface area (Å²) in [7, 11) is 0. The number of nitrogens with one attached hydrogen (secondary N) is 1. The number of fused-ring (bicyclic) bond motifs is 2. The van der Waals surface area contributed by atoms with Crippen molar-refractivity contribution in [2.45, 2.75) is 0 Å². The zero-order valence-electron chi connectivity index (χ0n) is 14.3. The van der Waals surface area contributed by atoms with Crippen LogP contribution < -0.4 is 14.8 Å². The lowest BCUT2D eigenvalue weighted by Crippen LogP contribution is -2.11. The number of ether oxygens (including phenoxy) is 2. The molecular formula is C20H12BrN3O4. The number of halogens is 1. The second kappa shape index (κ2) is 6.65. The molecule has 0 bridgehead atoms. The molecule has 28 heavy (non-hydrogen) atoms. The predicted molar refractivity (Wildman–Crippen MR) is 105 cm³/mol. The zero-order chi connectivity index (χ0) is 19.1. The van der Waals surface area contributed by atoms with Crippen molar-refractivity contribution in [2.24, 2.45) is 0 Å². The van der Waals surface area contributed by atoms with Crippen molar-refractivity contribution in [3.63, 3.8) is 0 Å². The van der Waals surface area contributed by atoms with Crippen molar-refractivity contribution >= 4 is 38.6 Å². The van der Waals surface area contributed by atoms with Gasteiger partial charge in [-0.3, -0.25) is 9.78 Å². The maximum absolute atomic E-state index is 12.5. The van der Waals surface area contributed by atoms with Gasteiger partial charge in [0, 0.05) is 28.1 Å². The first-order valence-electron chi connectivity index (χ1n) is 8.38. The van der Waals surface area contributed by atoms with E-state index in [0.29, 0.717) is 39.7 Å². The lowest BCUT2D eigenvalue weighted by Gasteiger charge is -2.05. The number of amides is 1. The van der Waals surface area contributed by atoms with Crippen LogP contribution in [0.15, 0.2) is 63.7 Å². The molecule has 0 atom stereocenters. The van der Waals surface area contributed by atoms with Crippen molar-refractivity contribution in [2.75, 3.05) is 12.1 Å². The lowest BCUT2D eigenvalue weighted by molar-refractivity contribution is 0.102. The molecule has 0 radical (unpaired) electrons. The Morgan fingerprint density at radius 1 is 1.04 bits per heavy atom. The summed E-state index contributed by atoms with van der Waals surface area (Å²) in [6.07, 6.45) is 3.37. The molecule has 1 amide bonds. The number of nitrogens with zero attached hydrogens (tertiary/aromatic N) is 2. The highest BCUT2D eigenvalue weighted by atomic mass is 79.9. The Bertz CT molecular complexity index is 1220. The van der Waals surface area contributed by atoms with Crippen molar-refractivity contribution < 1.29 is 18.7 Å². The van der Waals surface area contributed by atoms with Crippen LogP contribution in [0.2, 0.25) is 0 Å². The van der Waals surface area contributed by atoms with E-state index in [9.17, 15) is 4.79 Å². The lowest BCUT2D eigenvalue weighted by atomic mass is 10.2. The minimum atomic E-state index is -0.252. The highest BCUT2D eigenvalue weighted by Crippen LogP contribution is 2.33. The topological polar surface area (TPSA) is 86.5 Å². The van der Waals surface area contributed by atoms with Crippen LogP contribution in [0.5, 0.6) is 11.5 Å². The summed E-state index contributed by atoms with van der Waals surface area (Å²) < 4.78 is 17.2. The van der Waals surface area contributed by atoms with E-state index < -0.39 is 0 Å². The van der Waals surface area contributed by atoms with Gasteiger partial charge in [0.2, 0.25) is 12.7 Å². The van der Waals surface area contributed by atoms with Crippen LogP contribution >= 0.6 is 15.9 Å². The molecule has 0 aliphatic carbocycles. The predicted octanol–water partition coefficient (Wildman–Crippen LogP) is 4.63. The first-order valence-corrected chi connectivity index (χ1v) is 9.17. The summed E-state index contributed by atoms with van der Waals surface area (Å²) in [5, 5.41) is 2.86. The smallest absolute Gasteiger partial charge is 0.255 e. The fourth-order valence-corrected chi connectivity index (χ4v) is 3.26. The van der Waals surface area contributed by atoms with Crippen LogP contribution in [0.1, 0.15) is 10.4 Å². The first kappa shape index (κ1) is 16.8. The van der Waals surface area contributed by atoms with Gasteiger partial charge in [-0.15, -0.1) is 0 Å². The highest BCUT2D eigenvalue weighted by Gasteiger charge is 2.17. The number of rotatable bonds is 3. The van der Waals surface area contributed by atoms with Gasteiger partial charge in [-0.2, -0.15) is 0 Å². The Kier molecular flexibility index (Phi) is 3.98. The Hall–Kier alpha value is -3.39. The van der Waals surface area contributed by atoms with Gasteiger partial charge >= 0.3 is 0 Å². The summed E-state index contributed by atoms with van der Waals surface area (Å²) in [4.78, 5) is 21.2. The third-order valence-electron chi connectivity index (χ3n) is 4.23. The maximum atomic E-state index is 12.5. The molecule has 7 nitrogen and oxygen atoms in total. The Morgan fingerprint density at radius 3 is 2.82 bits per heavy atom. The maximum Gasteiger partial charge on any atom is 0.255 e. The van der Waals surface area contributed by atoms with Gasteiger partial charge < -0.3 is 19.2 Å². The van der Waals surface area contributed by atoms with Crippen LogP contribution in [-0.4, -0.2) is 22.7 Å². The number of anilines is 1. The van der Waals surface area contributed by atoms with E-state index in [1.807, 2.05) is 6.07 Å². The molecule has 0 saturated carbocycles. The quantitative estimate of drug-likeness (QED) is 0.502. The summed E-state index contributed by atoms with van der Waals surface area (Å²) in [5.41, 5.74) is 3.11. The molecule has 1 aliphatic rings. The molecule has 0 spiro atoms. The van der Waals surface area contributed by atoms with E-state index in [-0.39, 0.29) is 12.7 Å². The SMILES string of the molecule is O=C(Nc1ccc2oc(-c3cncc(Br)c3)nc2c1)c1ccc2c(c1)OCO2. The van der Waals surface area contributed by atoms with Crippen LogP contribution in [0, 0.1) is 0 Å². The van der Waals surface area contributed by atoms with Crippen molar-refractivity contribution in [1.82, 2.24) is 9.97 Å². The minimum Gasteiger partial charge on any atom is -0.454 e. The van der Waals surface area contributed by atoms with Crippen LogP contribution in [0.3, 0.4) is 0 Å². The standard InChI is InChI=1S/C20H12BrN3O4/c21-13-5-12(8-22-9-13)20-24-15-7-14(2-4-16(15)28-20)23-19(25)11-1-3-17-18(6-11)27-10-26-17/h1-9H,10H2,(H,23,25). The monoisotopic (exact) mass is 437 g/mol. The fraction of sp³-hybridized carbons (Fsp3) is 0.0500. The van der Waals surface area contributed by atoms with Gasteiger partial charge in [-0.1, -0.05) is 0 Å². The van der Waals surface area contributed by atoms with Crippen molar-refractivity contribution in [1.29, 1.82) is 0 Å². The average molecular weight is 438 g/mol. The molecule has 0 fully saturated rings. The highest BCUT2D eigenvalue weighted by molar-refractivity contribution is 9.10. The Balaban J connectivity index is 1.41. The molecule has 2 aromatic heterocycles. The fourth-order valence-electron chi connectivity index (χ4n) is 2.90. The second-order valence-electron chi connectivity index (χ2n) is 6.12. The van der Waals surface area contributed by atoms with Crippen molar-refractivity contribution in [3.05, 3.63) is 64.9 Å². The van der Waals surface area contributed by atoms with Crippen LogP contribution in [0.25, 0.3) is 22.6 Å². The zero-order valence-corrected chi connectivity index (χ0v) is 15.9. The van der Waals surface area contributed by atoms with Gasteiger partial charge in [0.25, 0.3) is 5.91 Å². The van der Waals surface area contributed by atoms with E-state index in [4.69, 9.17) is 13.9 Å². The second-order valence-corrected chi connectivity index (χ2v) is 7.03. The van der Waals surface area contributed by atoms with Crippen LogP contribution in [0.4, 0.5) is 5.69 Å². The molecule has 5 rings (SSSR count). The molecule has 138 valence electrons. The summed E-state index contributed by atoms with van der Waals surface area (Å²) in [6.45, 7) is 0.166.